The van der Waals surface area contributed by atoms with Crippen molar-refractivity contribution in [2.75, 3.05) is 27.9 Å². The highest BCUT2D eigenvalue weighted by Gasteiger charge is 2.15. The normalized spacial score (nSPS) is 11.5. The molecule has 1 heterocycles. The standard InChI is InChI=1S/C20H30N4O4/c1-7-21-20(23-12-15-10-16(13(2)3)24-28-15)22-11-14-8-9-17(25-4)19(27-6)18(14)26-5/h8-10,13H,7,11-12H2,1-6H3,(H2,21,22,23). The third-order valence-electron chi connectivity index (χ3n) is 4.14. The Morgan fingerprint density at radius 1 is 1.11 bits per heavy atom. The summed E-state index contributed by atoms with van der Waals surface area (Å²) < 4.78 is 21.6. The number of ether oxygens (including phenoxy) is 3. The summed E-state index contributed by atoms with van der Waals surface area (Å²) in [5, 5.41) is 10.6. The summed E-state index contributed by atoms with van der Waals surface area (Å²) in [6, 6.07) is 5.71. The number of aromatic nitrogens is 1. The van der Waals surface area contributed by atoms with Crippen LogP contribution in [0.1, 0.15) is 43.7 Å². The van der Waals surface area contributed by atoms with Crippen LogP contribution in [0.15, 0.2) is 27.7 Å². The van der Waals surface area contributed by atoms with Crippen LogP contribution in [-0.4, -0.2) is 39.0 Å². The maximum Gasteiger partial charge on any atom is 0.203 e. The number of nitrogens with one attached hydrogen (secondary N) is 2. The number of methoxy groups -OCH3 is 3. The van der Waals surface area contributed by atoms with E-state index in [0.29, 0.717) is 42.2 Å². The first kappa shape index (κ1) is 21.4. The van der Waals surface area contributed by atoms with Gasteiger partial charge >= 0.3 is 0 Å². The number of hydrogen-bond acceptors (Lipinski definition) is 6. The highest BCUT2D eigenvalue weighted by molar-refractivity contribution is 5.79. The van der Waals surface area contributed by atoms with Crippen LogP contribution in [0, 0.1) is 0 Å². The van der Waals surface area contributed by atoms with Gasteiger partial charge in [-0.3, -0.25) is 0 Å². The van der Waals surface area contributed by atoms with Crippen molar-refractivity contribution < 1.29 is 18.7 Å². The fraction of sp³-hybridized carbons (Fsp3) is 0.500. The summed E-state index contributed by atoms with van der Waals surface area (Å²) in [6.45, 7) is 7.82. The molecule has 28 heavy (non-hydrogen) atoms. The van der Waals surface area contributed by atoms with E-state index in [4.69, 9.17) is 18.7 Å². The van der Waals surface area contributed by atoms with Crippen molar-refractivity contribution in [1.82, 2.24) is 15.8 Å². The van der Waals surface area contributed by atoms with E-state index in [1.54, 1.807) is 21.3 Å². The van der Waals surface area contributed by atoms with Crippen molar-refractivity contribution in [3.8, 4) is 17.2 Å². The SMILES string of the molecule is CCNC(=NCc1ccc(OC)c(OC)c1OC)NCc1cc(C(C)C)no1. The van der Waals surface area contributed by atoms with Crippen molar-refractivity contribution in [3.05, 3.63) is 35.2 Å². The van der Waals surface area contributed by atoms with Gasteiger partial charge in [-0.05, 0) is 25.0 Å². The summed E-state index contributed by atoms with van der Waals surface area (Å²) in [5.41, 5.74) is 1.83. The molecule has 0 amide bonds. The Labute approximate surface area is 166 Å². The number of benzene rings is 1. The minimum absolute atomic E-state index is 0.330. The summed E-state index contributed by atoms with van der Waals surface area (Å²) in [6.07, 6.45) is 0. The Kier molecular flexibility index (Phi) is 7.98. The van der Waals surface area contributed by atoms with Crippen LogP contribution in [0.5, 0.6) is 17.2 Å². The van der Waals surface area contributed by atoms with Gasteiger partial charge in [0.05, 0.1) is 40.1 Å². The second kappa shape index (κ2) is 10.4. The third kappa shape index (κ3) is 5.31. The van der Waals surface area contributed by atoms with Crippen LogP contribution in [-0.2, 0) is 13.1 Å². The van der Waals surface area contributed by atoms with E-state index in [1.165, 1.54) is 0 Å². The van der Waals surface area contributed by atoms with E-state index in [-0.39, 0.29) is 0 Å². The van der Waals surface area contributed by atoms with Crippen LogP contribution in [0.2, 0.25) is 0 Å². The maximum absolute atomic E-state index is 5.52. The van der Waals surface area contributed by atoms with Crippen molar-refractivity contribution >= 4 is 5.96 Å². The Balaban J connectivity index is 2.13. The number of aliphatic imine (C=N–C) groups is 1. The minimum atomic E-state index is 0.330. The molecule has 0 bridgehead atoms. The third-order valence-corrected chi connectivity index (χ3v) is 4.14. The van der Waals surface area contributed by atoms with E-state index in [2.05, 4.69) is 34.6 Å². The molecule has 0 fully saturated rings. The van der Waals surface area contributed by atoms with Crippen molar-refractivity contribution in [2.45, 2.75) is 39.8 Å². The Morgan fingerprint density at radius 3 is 2.43 bits per heavy atom. The summed E-state index contributed by atoms with van der Waals surface area (Å²) in [5.74, 6) is 3.54. The van der Waals surface area contributed by atoms with E-state index in [1.807, 2.05) is 25.1 Å². The number of nitrogens with zero attached hydrogens (tertiary/aromatic N) is 2. The lowest BCUT2D eigenvalue weighted by molar-refractivity contribution is 0.322. The van der Waals surface area contributed by atoms with Gasteiger partial charge in [-0.1, -0.05) is 19.0 Å². The van der Waals surface area contributed by atoms with Crippen LogP contribution < -0.4 is 24.8 Å². The number of guanidine groups is 1. The van der Waals surface area contributed by atoms with Crippen molar-refractivity contribution in [3.63, 3.8) is 0 Å². The van der Waals surface area contributed by atoms with Gasteiger partial charge in [0.2, 0.25) is 5.75 Å². The second-order valence-electron chi connectivity index (χ2n) is 6.41. The smallest absolute Gasteiger partial charge is 0.203 e. The lowest BCUT2D eigenvalue weighted by Gasteiger charge is -2.15. The molecule has 2 N–H and O–H groups in total. The Morgan fingerprint density at radius 2 is 1.86 bits per heavy atom. The predicted molar refractivity (Wildman–Crippen MR) is 108 cm³/mol. The van der Waals surface area contributed by atoms with Gasteiger partial charge < -0.3 is 29.4 Å². The molecule has 0 aliphatic rings. The summed E-state index contributed by atoms with van der Waals surface area (Å²) >= 11 is 0. The maximum atomic E-state index is 5.52. The van der Waals surface area contributed by atoms with Crippen molar-refractivity contribution in [1.29, 1.82) is 0 Å². The quantitative estimate of drug-likeness (QED) is 0.502. The van der Waals surface area contributed by atoms with Gasteiger partial charge in [0.25, 0.3) is 0 Å². The van der Waals surface area contributed by atoms with Crippen LogP contribution in [0.3, 0.4) is 0 Å². The van der Waals surface area contributed by atoms with E-state index >= 15 is 0 Å². The van der Waals surface area contributed by atoms with Gasteiger partial charge in [-0.25, -0.2) is 4.99 Å². The molecule has 0 aliphatic heterocycles. The molecule has 0 spiro atoms. The first-order chi connectivity index (χ1) is 13.5. The molecule has 8 nitrogen and oxygen atoms in total. The van der Waals surface area contributed by atoms with Gasteiger partial charge in [0.15, 0.2) is 23.2 Å². The zero-order chi connectivity index (χ0) is 20.5. The zero-order valence-corrected chi connectivity index (χ0v) is 17.5. The molecule has 0 aliphatic carbocycles. The van der Waals surface area contributed by atoms with Gasteiger partial charge in [0.1, 0.15) is 0 Å². The molecule has 0 atom stereocenters. The lowest BCUT2D eigenvalue weighted by atomic mass is 10.1. The largest absolute Gasteiger partial charge is 0.493 e. The Bertz CT molecular complexity index is 787. The highest BCUT2D eigenvalue weighted by atomic mass is 16.5. The lowest BCUT2D eigenvalue weighted by Crippen LogP contribution is -2.36. The van der Waals surface area contributed by atoms with E-state index < -0.39 is 0 Å². The second-order valence-corrected chi connectivity index (χ2v) is 6.41. The minimum Gasteiger partial charge on any atom is -0.493 e. The molecule has 8 heteroatoms. The molecule has 2 rings (SSSR count). The molecule has 0 unspecified atom stereocenters. The molecule has 2 aromatic rings. The number of hydrogen-bond donors (Lipinski definition) is 2. The number of rotatable bonds is 9. The predicted octanol–water partition coefficient (Wildman–Crippen LogP) is 3.08. The first-order valence-electron chi connectivity index (χ1n) is 9.29. The van der Waals surface area contributed by atoms with Crippen molar-refractivity contribution in [2.24, 2.45) is 4.99 Å². The summed E-state index contributed by atoms with van der Waals surface area (Å²) in [4.78, 5) is 4.64. The average molecular weight is 390 g/mol. The van der Waals surface area contributed by atoms with Crippen LogP contribution >= 0.6 is 0 Å². The average Bonchev–Trinajstić information content (AvgIpc) is 3.18. The highest BCUT2D eigenvalue weighted by Crippen LogP contribution is 2.39. The first-order valence-corrected chi connectivity index (χ1v) is 9.29. The van der Waals surface area contributed by atoms with Gasteiger partial charge in [0, 0.05) is 18.2 Å². The summed E-state index contributed by atoms with van der Waals surface area (Å²) in [7, 11) is 4.78. The zero-order valence-electron chi connectivity index (χ0n) is 17.5. The Hall–Kier alpha value is -2.90. The monoisotopic (exact) mass is 390 g/mol. The molecule has 1 aromatic heterocycles. The van der Waals surface area contributed by atoms with E-state index in [0.717, 1.165) is 23.6 Å². The molecule has 0 saturated carbocycles. The molecular weight excluding hydrogens is 360 g/mol. The fourth-order valence-electron chi connectivity index (χ4n) is 2.65. The molecule has 0 saturated heterocycles. The van der Waals surface area contributed by atoms with E-state index in [9.17, 15) is 0 Å². The fourth-order valence-corrected chi connectivity index (χ4v) is 2.65. The topological polar surface area (TPSA) is 90.1 Å². The van der Waals surface area contributed by atoms with Gasteiger partial charge in [-0.2, -0.15) is 0 Å². The van der Waals surface area contributed by atoms with Gasteiger partial charge in [-0.15, -0.1) is 0 Å². The van der Waals surface area contributed by atoms with Crippen LogP contribution in [0.4, 0.5) is 0 Å². The molecular formula is C20H30N4O4. The molecule has 1 aromatic carbocycles. The molecule has 154 valence electrons. The van der Waals surface area contributed by atoms with Crippen LogP contribution in [0.25, 0.3) is 0 Å². The molecule has 0 radical (unpaired) electrons.